The van der Waals surface area contributed by atoms with Gasteiger partial charge < -0.3 is 4.74 Å². The number of anilines is 1. The van der Waals surface area contributed by atoms with Crippen LogP contribution in [0.3, 0.4) is 0 Å². The molecule has 0 saturated carbocycles. The van der Waals surface area contributed by atoms with Gasteiger partial charge in [-0.1, -0.05) is 43.0 Å². The van der Waals surface area contributed by atoms with Gasteiger partial charge in [-0.3, -0.25) is 10.1 Å². The number of fused-ring (bicyclic) bond motifs is 1. The van der Waals surface area contributed by atoms with Crippen LogP contribution in [0.2, 0.25) is 0 Å². The van der Waals surface area contributed by atoms with Gasteiger partial charge in [-0.05, 0) is 61.8 Å². The maximum atomic E-state index is 12.4. The number of hydrogen-bond donors (Lipinski definition) is 1. The molecule has 0 aliphatic heterocycles. The molecule has 0 saturated heterocycles. The average Bonchev–Trinajstić information content (AvgIpc) is 3.07. The number of aryl methyl sites for hydroxylation is 2. The number of carbonyl (C=O) groups excluding carboxylic acids is 1. The second kappa shape index (κ2) is 8.86. The van der Waals surface area contributed by atoms with Crippen molar-refractivity contribution < 1.29 is 9.53 Å². The van der Waals surface area contributed by atoms with Crippen LogP contribution < -0.4 is 10.1 Å². The molecule has 0 radical (unpaired) electrons. The van der Waals surface area contributed by atoms with Crippen molar-refractivity contribution in [2.24, 2.45) is 5.92 Å². The summed E-state index contributed by atoms with van der Waals surface area (Å²) in [5.74, 6) is 2.12. The predicted octanol–water partition coefficient (Wildman–Crippen LogP) is 4.57. The largest absolute Gasteiger partial charge is 0.481 e. The summed E-state index contributed by atoms with van der Waals surface area (Å²) in [7, 11) is 0. The van der Waals surface area contributed by atoms with Gasteiger partial charge in [0.25, 0.3) is 5.91 Å². The van der Waals surface area contributed by atoms with Crippen molar-refractivity contribution in [2.75, 3.05) is 11.1 Å². The molecule has 1 amide bonds. The lowest BCUT2D eigenvalue weighted by Crippen LogP contribution is -2.30. The van der Waals surface area contributed by atoms with E-state index in [4.69, 9.17) is 4.74 Å². The molecule has 1 aromatic carbocycles. The summed E-state index contributed by atoms with van der Waals surface area (Å²) in [5.41, 5.74) is 2.75. The lowest BCUT2D eigenvalue weighted by Gasteiger charge is -2.18. The van der Waals surface area contributed by atoms with Crippen LogP contribution in [0.1, 0.15) is 44.7 Å². The van der Waals surface area contributed by atoms with Crippen LogP contribution in [0.4, 0.5) is 5.13 Å². The van der Waals surface area contributed by atoms with E-state index >= 15 is 0 Å². The minimum atomic E-state index is -0.590. The van der Waals surface area contributed by atoms with Crippen molar-refractivity contribution in [3.05, 3.63) is 29.3 Å². The van der Waals surface area contributed by atoms with E-state index in [1.54, 1.807) is 18.7 Å². The summed E-state index contributed by atoms with van der Waals surface area (Å²) in [4.78, 5) is 12.4. The number of aromatic nitrogens is 2. The summed E-state index contributed by atoms with van der Waals surface area (Å²) in [6.45, 7) is 6.08. The summed E-state index contributed by atoms with van der Waals surface area (Å²) in [6.07, 6.45) is 4.12. The fourth-order valence-electron chi connectivity index (χ4n) is 2.80. The Morgan fingerprint density at radius 2 is 2.00 bits per heavy atom. The maximum Gasteiger partial charge on any atom is 0.266 e. The molecule has 1 atom stereocenters. The second-order valence-electron chi connectivity index (χ2n) is 6.96. The quantitative estimate of drug-likeness (QED) is 0.553. The third-order valence-electron chi connectivity index (χ3n) is 4.18. The summed E-state index contributed by atoms with van der Waals surface area (Å²) >= 11 is 3.06. The number of rotatable bonds is 7. The zero-order chi connectivity index (χ0) is 18.5. The van der Waals surface area contributed by atoms with Gasteiger partial charge in [0.2, 0.25) is 5.13 Å². The molecule has 0 spiro atoms. The van der Waals surface area contributed by atoms with Gasteiger partial charge in [-0.25, -0.2) is 0 Å². The Balaban J connectivity index is 1.54. The molecule has 0 bridgehead atoms. The number of benzene rings is 1. The third-order valence-corrected chi connectivity index (χ3v) is 6.58. The molecule has 7 heteroatoms. The molecule has 1 N–H and O–H groups in total. The summed E-state index contributed by atoms with van der Waals surface area (Å²) < 4.78 is 6.71. The second-order valence-corrected chi connectivity index (χ2v) is 9.21. The third kappa shape index (κ3) is 5.20. The average molecular weight is 392 g/mol. The highest BCUT2D eigenvalue weighted by molar-refractivity contribution is 8.01. The minimum absolute atomic E-state index is 0.209. The zero-order valence-electron chi connectivity index (χ0n) is 15.4. The van der Waals surface area contributed by atoms with Crippen molar-refractivity contribution in [1.82, 2.24) is 10.2 Å². The number of amides is 1. The fraction of sp³-hybridized carbons (Fsp3) is 0.526. The number of hydrogen-bond acceptors (Lipinski definition) is 6. The van der Waals surface area contributed by atoms with Gasteiger partial charge in [-0.15, -0.1) is 10.2 Å². The van der Waals surface area contributed by atoms with Crippen LogP contribution in [-0.2, 0) is 17.6 Å². The molecule has 26 heavy (non-hydrogen) atoms. The van der Waals surface area contributed by atoms with E-state index in [0.717, 1.165) is 28.7 Å². The molecule has 1 aromatic heterocycles. The predicted molar refractivity (Wildman–Crippen MR) is 107 cm³/mol. The van der Waals surface area contributed by atoms with Crippen molar-refractivity contribution in [3.63, 3.8) is 0 Å². The summed E-state index contributed by atoms with van der Waals surface area (Å²) in [5, 5.41) is 11.5. The Morgan fingerprint density at radius 1 is 1.23 bits per heavy atom. The number of nitrogens with one attached hydrogen (secondary N) is 1. The molecule has 3 rings (SSSR count). The Labute approximate surface area is 162 Å². The van der Waals surface area contributed by atoms with E-state index < -0.39 is 6.10 Å². The Kier molecular flexibility index (Phi) is 6.53. The zero-order valence-corrected chi connectivity index (χ0v) is 17.1. The van der Waals surface area contributed by atoms with Crippen molar-refractivity contribution in [2.45, 2.75) is 56.9 Å². The molecule has 140 valence electrons. The summed E-state index contributed by atoms with van der Waals surface area (Å²) in [6, 6.07) is 6.15. The van der Waals surface area contributed by atoms with E-state index in [9.17, 15) is 4.79 Å². The first-order chi connectivity index (χ1) is 12.5. The van der Waals surface area contributed by atoms with Gasteiger partial charge in [0, 0.05) is 5.75 Å². The van der Waals surface area contributed by atoms with E-state index in [2.05, 4.69) is 41.5 Å². The minimum Gasteiger partial charge on any atom is -0.481 e. The smallest absolute Gasteiger partial charge is 0.266 e. The van der Waals surface area contributed by atoms with Crippen LogP contribution in [0.5, 0.6) is 5.75 Å². The monoisotopic (exact) mass is 391 g/mol. The molecule has 2 aromatic rings. The van der Waals surface area contributed by atoms with Gasteiger partial charge in [-0.2, -0.15) is 0 Å². The van der Waals surface area contributed by atoms with E-state index in [-0.39, 0.29) is 5.91 Å². The molecule has 5 nitrogen and oxygen atoms in total. The molecule has 0 fully saturated rings. The Morgan fingerprint density at radius 3 is 2.77 bits per heavy atom. The number of thioether (sulfide) groups is 1. The van der Waals surface area contributed by atoms with E-state index in [1.165, 1.54) is 35.3 Å². The number of ether oxygens (including phenoxy) is 1. The highest BCUT2D eigenvalue weighted by Gasteiger charge is 2.18. The first-order valence-corrected chi connectivity index (χ1v) is 10.9. The van der Waals surface area contributed by atoms with Gasteiger partial charge in [0.1, 0.15) is 5.75 Å². The van der Waals surface area contributed by atoms with Gasteiger partial charge in [0.05, 0.1) is 0 Å². The first-order valence-electron chi connectivity index (χ1n) is 9.07. The Bertz CT molecular complexity index is 761. The van der Waals surface area contributed by atoms with Crippen molar-refractivity contribution >= 4 is 34.1 Å². The molecular weight excluding hydrogens is 366 g/mol. The van der Waals surface area contributed by atoms with Crippen molar-refractivity contribution in [1.29, 1.82) is 0 Å². The first kappa shape index (κ1) is 19.2. The van der Waals surface area contributed by atoms with Gasteiger partial charge >= 0.3 is 0 Å². The molecule has 1 aliphatic rings. The Hall–Kier alpha value is -1.60. The van der Waals surface area contributed by atoms with Gasteiger partial charge in [0.15, 0.2) is 10.4 Å². The SMILES string of the molecule is CC(C)CSc1nnc(NC(=O)[C@@H](C)Oc2ccc3c(c2)CCCC3)s1. The highest BCUT2D eigenvalue weighted by atomic mass is 32.2. The van der Waals surface area contributed by atoms with Crippen molar-refractivity contribution in [3.8, 4) is 5.75 Å². The normalized spacial score (nSPS) is 14.8. The molecule has 1 heterocycles. The lowest BCUT2D eigenvalue weighted by molar-refractivity contribution is -0.122. The number of carbonyl (C=O) groups is 1. The lowest BCUT2D eigenvalue weighted by atomic mass is 9.92. The van der Waals surface area contributed by atoms with E-state index in [1.807, 2.05) is 6.07 Å². The molecule has 1 aliphatic carbocycles. The van der Waals surface area contributed by atoms with Crippen LogP contribution >= 0.6 is 23.1 Å². The molecular formula is C19H25N3O2S2. The standard InChI is InChI=1S/C19H25N3O2S2/c1-12(2)11-25-19-22-21-18(26-19)20-17(23)13(3)24-16-9-8-14-6-4-5-7-15(14)10-16/h8-10,12-13H,4-7,11H2,1-3H3,(H,20,21,23)/t13-/m1/s1. The topological polar surface area (TPSA) is 64.1 Å². The van der Waals surface area contributed by atoms with E-state index in [0.29, 0.717) is 11.0 Å². The molecule has 0 unspecified atom stereocenters. The highest BCUT2D eigenvalue weighted by Crippen LogP contribution is 2.28. The van der Waals surface area contributed by atoms with Crippen LogP contribution in [0.25, 0.3) is 0 Å². The number of nitrogens with zero attached hydrogens (tertiary/aromatic N) is 2. The fourth-order valence-corrected chi connectivity index (χ4v) is 4.54. The maximum absolute atomic E-state index is 12.4. The van der Waals surface area contributed by atoms with Crippen LogP contribution in [-0.4, -0.2) is 28.0 Å². The van der Waals surface area contributed by atoms with Crippen LogP contribution in [0, 0.1) is 5.92 Å². The van der Waals surface area contributed by atoms with Crippen LogP contribution in [0.15, 0.2) is 22.5 Å².